The van der Waals surface area contributed by atoms with Crippen molar-refractivity contribution < 1.29 is 19.1 Å². The molecule has 1 amide bonds. The van der Waals surface area contributed by atoms with Crippen LogP contribution in [0.15, 0.2) is 0 Å². The predicted molar refractivity (Wildman–Crippen MR) is 77.9 cm³/mol. The number of fused-ring (bicyclic) bond motifs is 1. The van der Waals surface area contributed by atoms with E-state index >= 15 is 0 Å². The van der Waals surface area contributed by atoms with Gasteiger partial charge in [0, 0.05) is 32.1 Å². The first-order valence-electron chi connectivity index (χ1n) is 7.65. The second-order valence-corrected chi connectivity index (χ2v) is 6.92. The van der Waals surface area contributed by atoms with E-state index in [2.05, 4.69) is 10.2 Å². The Balaban J connectivity index is 1.82. The van der Waals surface area contributed by atoms with Crippen LogP contribution in [0.1, 0.15) is 47.0 Å². The van der Waals surface area contributed by atoms with Gasteiger partial charge in [-0.25, -0.2) is 4.79 Å². The van der Waals surface area contributed by atoms with Crippen molar-refractivity contribution >= 4 is 12.1 Å². The van der Waals surface area contributed by atoms with Gasteiger partial charge in [-0.15, -0.1) is 0 Å². The van der Waals surface area contributed by atoms with E-state index in [1.165, 1.54) is 6.92 Å². The van der Waals surface area contributed by atoms with Crippen molar-refractivity contribution in [1.82, 2.24) is 10.2 Å². The monoisotopic (exact) mass is 298 g/mol. The van der Waals surface area contributed by atoms with Crippen LogP contribution in [0.4, 0.5) is 4.79 Å². The summed E-state index contributed by atoms with van der Waals surface area (Å²) in [5.41, 5.74) is -0.477. The Bertz CT molecular complexity index is 405. The normalized spacial score (nSPS) is 29.6. The van der Waals surface area contributed by atoms with Crippen LogP contribution in [0.2, 0.25) is 0 Å². The average molecular weight is 298 g/mol. The molecule has 2 aliphatic rings. The van der Waals surface area contributed by atoms with Crippen molar-refractivity contribution in [2.24, 2.45) is 0 Å². The molecule has 1 N–H and O–H groups in total. The van der Waals surface area contributed by atoms with Crippen LogP contribution < -0.4 is 5.32 Å². The van der Waals surface area contributed by atoms with Gasteiger partial charge in [0.1, 0.15) is 11.7 Å². The van der Waals surface area contributed by atoms with E-state index in [4.69, 9.17) is 9.47 Å². The first kappa shape index (κ1) is 16.1. The Kier molecular flexibility index (Phi) is 4.76. The molecule has 0 aromatic heterocycles. The molecule has 0 aliphatic carbocycles. The number of alkyl carbamates (subject to hydrolysis) is 1. The van der Waals surface area contributed by atoms with Gasteiger partial charge in [-0.2, -0.15) is 0 Å². The standard InChI is InChI=1S/C15H26N2O4/c1-10(18)20-13-7-8-17-9-11(5-6-12(13)17)16-14(19)21-15(2,3)4/h11-13H,5-9H2,1-4H3,(H,16,19)/t11-,12-,13-/m0/s1. The van der Waals surface area contributed by atoms with Crippen LogP contribution in [-0.4, -0.2) is 53.8 Å². The number of piperidine rings is 1. The highest BCUT2D eigenvalue weighted by molar-refractivity contribution is 5.68. The molecule has 3 atom stereocenters. The molecule has 2 saturated heterocycles. The van der Waals surface area contributed by atoms with Crippen molar-refractivity contribution in [1.29, 1.82) is 0 Å². The maximum Gasteiger partial charge on any atom is 0.407 e. The molecule has 2 rings (SSSR count). The molecule has 0 spiro atoms. The van der Waals surface area contributed by atoms with Gasteiger partial charge in [0.2, 0.25) is 0 Å². The second-order valence-electron chi connectivity index (χ2n) is 6.92. The van der Waals surface area contributed by atoms with Gasteiger partial charge < -0.3 is 14.8 Å². The highest BCUT2D eigenvalue weighted by Gasteiger charge is 2.40. The number of carbonyl (C=O) groups is 2. The SMILES string of the molecule is CC(=O)O[C@H]1CCN2C[C@@H](NC(=O)OC(C)(C)C)CC[C@@H]12. The fourth-order valence-corrected chi connectivity index (χ4v) is 3.17. The zero-order valence-corrected chi connectivity index (χ0v) is 13.3. The van der Waals surface area contributed by atoms with E-state index in [9.17, 15) is 9.59 Å². The fraction of sp³-hybridized carbons (Fsp3) is 0.867. The minimum Gasteiger partial charge on any atom is -0.461 e. The zero-order valence-electron chi connectivity index (χ0n) is 13.3. The minimum atomic E-state index is -0.477. The molecule has 2 heterocycles. The van der Waals surface area contributed by atoms with Crippen molar-refractivity contribution in [3.63, 3.8) is 0 Å². The lowest BCUT2D eigenvalue weighted by Gasteiger charge is -2.37. The molecule has 2 aliphatic heterocycles. The van der Waals surface area contributed by atoms with Gasteiger partial charge in [-0.1, -0.05) is 0 Å². The average Bonchev–Trinajstić information content (AvgIpc) is 2.68. The third-order valence-corrected chi connectivity index (χ3v) is 3.90. The van der Waals surface area contributed by atoms with E-state index in [0.29, 0.717) is 6.04 Å². The van der Waals surface area contributed by atoms with Gasteiger partial charge in [0.25, 0.3) is 0 Å². The summed E-state index contributed by atoms with van der Waals surface area (Å²) < 4.78 is 10.7. The third-order valence-electron chi connectivity index (χ3n) is 3.90. The molecule has 21 heavy (non-hydrogen) atoms. The Morgan fingerprint density at radius 1 is 1.19 bits per heavy atom. The molecule has 0 aromatic rings. The summed E-state index contributed by atoms with van der Waals surface area (Å²) in [6.45, 7) is 8.73. The lowest BCUT2D eigenvalue weighted by atomic mass is 9.97. The lowest BCUT2D eigenvalue weighted by molar-refractivity contribution is -0.147. The van der Waals surface area contributed by atoms with Crippen molar-refractivity contribution in [2.75, 3.05) is 13.1 Å². The maximum absolute atomic E-state index is 11.8. The molecule has 0 unspecified atom stereocenters. The van der Waals surface area contributed by atoms with Crippen LogP contribution in [0.25, 0.3) is 0 Å². The number of hydrogen-bond acceptors (Lipinski definition) is 5. The number of amides is 1. The summed E-state index contributed by atoms with van der Waals surface area (Å²) in [6, 6.07) is 0.401. The summed E-state index contributed by atoms with van der Waals surface area (Å²) >= 11 is 0. The Morgan fingerprint density at radius 3 is 2.52 bits per heavy atom. The fourth-order valence-electron chi connectivity index (χ4n) is 3.17. The predicted octanol–water partition coefficient (Wildman–Crippen LogP) is 1.68. The number of hydrogen-bond donors (Lipinski definition) is 1. The molecule has 0 radical (unpaired) electrons. The van der Waals surface area contributed by atoms with E-state index < -0.39 is 5.60 Å². The first-order valence-corrected chi connectivity index (χ1v) is 7.65. The maximum atomic E-state index is 11.8. The van der Waals surface area contributed by atoms with Crippen LogP contribution in [0.5, 0.6) is 0 Å². The second kappa shape index (κ2) is 6.22. The van der Waals surface area contributed by atoms with Gasteiger partial charge in [-0.3, -0.25) is 9.69 Å². The molecular weight excluding hydrogens is 272 g/mol. The van der Waals surface area contributed by atoms with Gasteiger partial charge >= 0.3 is 12.1 Å². The van der Waals surface area contributed by atoms with Crippen molar-refractivity contribution in [2.45, 2.75) is 70.7 Å². The molecule has 2 fully saturated rings. The topological polar surface area (TPSA) is 67.9 Å². The number of nitrogens with one attached hydrogen (secondary N) is 1. The minimum absolute atomic E-state index is 0.00461. The quantitative estimate of drug-likeness (QED) is 0.786. The van der Waals surface area contributed by atoms with Crippen LogP contribution in [0.3, 0.4) is 0 Å². The summed E-state index contributed by atoms with van der Waals surface area (Å²) in [5, 5.41) is 2.93. The lowest BCUT2D eigenvalue weighted by Crippen LogP contribution is -2.52. The highest BCUT2D eigenvalue weighted by atomic mass is 16.6. The molecule has 6 heteroatoms. The molecule has 0 saturated carbocycles. The molecule has 0 aromatic carbocycles. The molecule has 6 nitrogen and oxygen atoms in total. The van der Waals surface area contributed by atoms with E-state index in [1.807, 2.05) is 20.8 Å². The third kappa shape index (κ3) is 4.59. The number of ether oxygens (including phenoxy) is 2. The Labute approximate surface area is 126 Å². The number of carbonyl (C=O) groups excluding carboxylic acids is 2. The van der Waals surface area contributed by atoms with E-state index in [1.54, 1.807) is 0 Å². The molecule has 0 bridgehead atoms. The number of rotatable bonds is 2. The number of nitrogens with zero attached hydrogens (tertiary/aromatic N) is 1. The summed E-state index contributed by atoms with van der Waals surface area (Å²) in [6.07, 6.45) is 2.34. The Hall–Kier alpha value is -1.30. The van der Waals surface area contributed by atoms with Gasteiger partial charge in [-0.05, 0) is 40.0 Å². The van der Waals surface area contributed by atoms with Gasteiger partial charge in [0.05, 0.1) is 0 Å². The van der Waals surface area contributed by atoms with Crippen molar-refractivity contribution in [3.8, 4) is 0 Å². The highest BCUT2D eigenvalue weighted by Crippen LogP contribution is 2.29. The largest absolute Gasteiger partial charge is 0.461 e. The van der Waals surface area contributed by atoms with Crippen LogP contribution >= 0.6 is 0 Å². The summed E-state index contributed by atoms with van der Waals surface area (Å²) in [5.74, 6) is -0.212. The molecular formula is C15H26N2O4. The molecule has 120 valence electrons. The summed E-state index contributed by atoms with van der Waals surface area (Å²) in [7, 11) is 0. The summed E-state index contributed by atoms with van der Waals surface area (Å²) in [4.78, 5) is 25.2. The van der Waals surface area contributed by atoms with Crippen LogP contribution in [0, 0.1) is 0 Å². The van der Waals surface area contributed by atoms with E-state index in [0.717, 1.165) is 32.4 Å². The first-order chi connectivity index (χ1) is 9.74. The number of esters is 1. The van der Waals surface area contributed by atoms with Crippen molar-refractivity contribution in [3.05, 3.63) is 0 Å². The Morgan fingerprint density at radius 2 is 1.90 bits per heavy atom. The zero-order chi connectivity index (χ0) is 15.6. The van der Waals surface area contributed by atoms with E-state index in [-0.39, 0.29) is 24.2 Å². The smallest absolute Gasteiger partial charge is 0.407 e. The van der Waals surface area contributed by atoms with Crippen LogP contribution in [-0.2, 0) is 14.3 Å². The van der Waals surface area contributed by atoms with Gasteiger partial charge in [0.15, 0.2) is 0 Å².